The molecule has 0 amide bonds. The summed E-state index contributed by atoms with van der Waals surface area (Å²) in [6.45, 7) is 3.98. The van der Waals surface area contributed by atoms with Crippen LogP contribution in [0, 0.1) is 19.8 Å². The number of ketones is 1. The van der Waals surface area contributed by atoms with Gasteiger partial charge in [0.2, 0.25) is 5.89 Å². The third-order valence-electron chi connectivity index (χ3n) is 5.41. The highest BCUT2D eigenvalue weighted by atomic mass is 32.2. The van der Waals surface area contributed by atoms with E-state index in [1.165, 1.54) is 11.8 Å². The number of rotatable bonds is 7. The minimum absolute atomic E-state index is 0.00499. The normalized spacial score (nSPS) is 18.7. The summed E-state index contributed by atoms with van der Waals surface area (Å²) in [7, 11) is -2.95. The monoisotopic (exact) mass is 456 g/mol. The SMILES string of the molecule is Cc1ccc(C(=O)C(Sc2nnc(CC3CCS(=O)(=O)C3)o2)c2ccc(C)cc2)cc1. The minimum atomic E-state index is -2.95. The summed E-state index contributed by atoms with van der Waals surface area (Å²) in [6, 6.07) is 15.4. The second kappa shape index (κ2) is 8.96. The molecule has 0 spiro atoms. The molecule has 2 unspecified atom stereocenters. The maximum absolute atomic E-state index is 13.3. The van der Waals surface area contributed by atoms with Crippen LogP contribution in [0.1, 0.15) is 44.6 Å². The number of nitrogens with zero attached hydrogens (tertiary/aromatic N) is 2. The van der Waals surface area contributed by atoms with Gasteiger partial charge in [0, 0.05) is 12.0 Å². The summed E-state index contributed by atoms with van der Waals surface area (Å²) in [5, 5.41) is 7.98. The fraction of sp³-hybridized carbons (Fsp3) is 0.348. The molecule has 0 saturated carbocycles. The Balaban J connectivity index is 1.55. The van der Waals surface area contributed by atoms with Crippen LogP contribution in [-0.4, -0.2) is 35.9 Å². The van der Waals surface area contributed by atoms with Gasteiger partial charge in [0.1, 0.15) is 5.25 Å². The van der Waals surface area contributed by atoms with Crippen molar-refractivity contribution in [1.82, 2.24) is 10.2 Å². The molecule has 2 aromatic carbocycles. The van der Waals surface area contributed by atoms with Gasteiger partial charge in [0.05, 0.1) is 11.5 Å². The molecule has 0 bridgehead atoms. The van der Waals surface area contributed by atoms with Crippen molar-refractivity contribution in [1.29, 1.82) is 0 Å². The Morgan fingerprint density at radius 3 is 2.32 bits per heavy atom. The van der Waals surface area contributed by atoms with Crippen molar-refractivity contribution in [2.75, 3.05) is 11.5 Å². The lowest BCUT2D eigenvalue weighted by atomic mass is 10.0. The second-order valence-electron chi connectivity index (χ2n) is 8.07. The van der Waals surface area contributed by atoms with Gasteiger partial charge >= 0.3 is 0 Å². The molecule has 6 nitrogen and oxygen atoms in total. The summed E-state index contributed by atoms with van der Waals surface area (Å²) in [5.41, 5.74) is 3.69. The second-order valence-corrected chi connectivity index (χ2v) is 11.4. The van der Waals surface area contributed by atoms with Gasteiger partial charge in [-0.15, -0.1) is 10.2 Å². The number of aromatic nitrogens is 2. The number of carbonyl (C=O) groups is 1. The van der Waals surface area contributed by atoms with Gasteiger partial charge in [-0.05, 0) is 43.5 Å². The Kier molecular flexibility index (Phi) is 6.29. The minimum Gasteiger partial charge on any atom is -0.416 e. The highest BCUT2D eigenvalue weighted by molar-refractivity contribution is 8.00. The van der Waals surface area contributed by atoms with Crippen LogP contribution in [0.3, 0.4) is 0 Å². The molecule has 1 aromatic heterocycles. The van der Waals surface area contributed by atoms with Gasteiger partial charge in [-0.2, -0.15) is 0 Å². The Hall–Kier alpha value is -2.45. The van der Waals surface area contributed by atoms with Crippen molar-refractivity contribution < 1.29 is 17.6 Å². The van der Waals surface area contributed by atoms with E-state index in [1.807, 2.05) is 62.4 Å². The molecular formula is C23H24N2O4S2. The van der Waals surface area contributed by atoms with Crippen LogP contribution >= 0.6 is 11.8 Å². The fourth-order valence-corrected chi connectivity index (χ4v) is 6.46. The van der Waals surface area contributed by atoms with Gasteiger partial charge in [0.15, 0.2) is 15.6 Å². The zero-order valence-corrected chi connectivity index (χ0v) is 19.1. The number of hydrogen-bond acceptors (Lipinski definition) is 7. The molecule has 4 rings (SSSR count). The highest BCUT2D eigenvalue weighted by Crippen LogP contribution is 2.37. The van der Waals surface area contributed by atoms with E-state index in [9.17, 15) is 13.2 Å². The Morgan fingerprint density at radius 1 is 1.06 bits per heavy atom. The molecule has 0 N–H and O–H groups in total. The maximum atomic E-state index is 13.3. The summed E-state index contributed by atoms with van der Waals surface area (Å²) in [6.07, 6.45) is 1.05. The van der Waals surface area contributed by atoms with E-state index in [1.54, 1.807) is 0 Å². The van der Waals surface area contributed by atoms with E-state index in [0.717, 1.165) is 16.7 Å². The van der Waals surface area contributed by atoms with Crippen molar-refractivity contribution in [3.63, 3.8) is 0 Å². The molecule has 31 heavy (non-hydrogen) atoms. The molecule has 8 heteroatoms. The van der Waals surface area contributed by atoms with Crippen LogP contribution in [0.25, 0.3) is 0 Å². The Labute approximate surface area is 186 Å². The zero-order chi connectivity index (χ0) is 22.0. The number of Topliss-reactive ketones (excluding diaryl/α,β-unsaturated/α-hetero) is 1. The van der Waals surface area contributed by atoms with E-state index >= 15 is 0 Å². The van der Waals surface area contributed by atoms with E-state index in [2.05, 4.69) is 10.2 Å². The molecule has 3 aromatic rings. The van der Waals surface area contributed by atoms with Crippen LogP contribution in [0.5, 0.6) is 0 Å². The predicted octanol–water partition coefficient (Wildman–Crippen LogP) is 4.38. The molecule has 0 radical (unpaired) electrons. The van der Waals surface area contributed by atoms with Crippen molar-refractivity contribution in [2.24, 2.45) is 5.92 Å². The lowest BCUT2D eigenvalue weighted by Gasteiger charge is -2.14. The highest BCUT2D eigenvalue weighted by Gasteiger charge is 2.30. The van der Waals surface area contributed by atoms with Crippen molar-refractivity contribution in [3.8, 4) is 0 Å². The average Bonchev–Trinajstić information content (AvgIpc) is 3.32. The topological polar surface area (TPSA) is 90.1 Å². The molecule has 2 heterocycles. The third-order valence-corrected chi connectivity index (χ3v) is 8.34. The molecule has 162 valence electrons. The maximum Gasteiger partial charge on any atom is 0.277 e. The van der Waals surface area contributed by atoms with Crippen molar-refractivity contribution >= 4 is 27.4 Å². The van der Waals surface area contributed by atoms with Crippen LogP contribution in [0.4, 0.5) is 0 Å². The zero-order valence-electron chi connectivity index (χ0n) is 17.4. The van der Waals surface area contributed by atoms with E-state index < -0.39 is 15.1 Å². The molecule has 1 fully saturated rings. The number of sulfone groups is 1. The molecule has 1 aliphatic rings. The molecule has 2 atom stereocenters. The summed E-state index contributed by atoms with van der Waals surface area (Å²) >= 11 is 1.23. The van der Waals surface area contributed by atoms with Crippen LogP contribution in [0.2, 0.25) is 0 Å². The van der Waals surface area contributed by atoms with Crippen LogP contribution in [-0.2, 0) is 16.3 Å². The van der Waals surface area contributed by atoms with Gasteiger partial charge in [-0.25, -0.2) is 8.42 Å². The lowest BCUT2D eigenvalue weighted by Crippen LogP contribution is -2.10. The first kappa shape index (κ1) is 21.8. The molecule has 1 aliphatic heterocycles. The number of thioether (sulfide) groups is 1. The summed E-state index contributed by atoms with van der Waals surface area (Å²) in [5.74, 6) is 0.764. The first-order valence-corrected chi connectivity index (χ1v) is 12.9. The van der Waals surface area contributed by atoms with Gasteiger partial charge < -0.3 is 4.42 Å². The molecule has 1 saturated heterocycles. The largest absolute Gasteiger partial charge is 0.416 e. The predicted molar refractivity (Wildman–Crippen MR) is 120 cm³/mol. The molecule has 0 aliphatic carbocycles. The summed E-state index contributed by atoms with van der Waals surface area (Å²) in [4.78, 5) is 13.3. The van der Waals surface area contributed by atoms with Crippen LogP contribution in [0.15, 0.2) is 58.2 Å². The van der Waals surface area contributed by atoms with E-state index in [0.29, 0.717) is 29.5 Å². The van der Waals surface area contributed by atoms with Gasteiger partial charge in [-0.1, -0.05) is 59.7 Å². The number of benzene rings is 2. The Bertz CT molecular complexity index is 1170. The number of aryl methyl sites for hydroxylation is 2. The standard InChI is InChI=1S/C23H24N2O4S2/c1-15-3-7-18(8-4-15)21(26)22(19-9-5-16(2)6-10-19)30-23-25-24-20(29-23)13-17-11-12-31(27,28)14-17/h3-10,17,22H,11-14H2,1-2H3. The first-order chi connectivity index (χ1) is 14.8. The van der Waals surface area contributed by atoms with Crippen molar-refractivity contribution in [2.45, 2.75) is 37.2 Å². The fourth-order valence-electron chi connectivity index (χ4n) is 3.63. The Morgan fingerprint density at radius 2 is 1.71 bits per heavy atom. The summed E-state index contributed by atoms with van der Waals surface area (Å²) < 4.78 is 29.2. The molecular weight excluding hydrogens is 432 g/mol. The average molecular weight is 457 g/mol. The third kappa shape index (κ3) is 5.43. The van der Waals surface area contributed by atoms with Gasteiger partial charge in [-0.3, -0.25) is 4.79 Å². The van der Waals surface area contributed by atoms with Crippen LogP contribution < -0.4 is 0 Å². The van der Waals surface area contributed by atoms with Crippen molar-refractivity contribution in [3.05, 3.63) is 76.7 Å². The number of hydrogen-bond donors (Lipinski definition) is 0. The quantitative estimate of drug-likeness (QED) is 0.385. The van der Waals surface area contributed by atoms with E-state index in [4.69, 9.17) is 4.42 Å². The first-order valence-electron chi connectivity index (χ1n) is 10.2. The number of carbonyl (C=O) groups excluding carboxylic acids is 1. The lowest BCUT2D eigenvalue weighted by molar-refractivity contribution is 0.0989. The smallest absolute Gasteiger partial charge is 0.277 e. The van der Waals surface area contributed by atoms with E-state index in [-0.39, 0.29) is 23.2 Å². The van der Waals surface area contributed by atoms with Gasteiger partial charge in [0.25, 0.3) is 5.22 Å².